The lowest BCUT2D eigenvalue weighted by Crippen LogP contribution is -2.14. The second-order valence-electron chi connectivity index (χ2n) is 4.00. The molecular formula is C11H16N2. The summed E-state index contributed by atoms with van der Waals surface area (Å²) in [7, 11) is 0. The molecule has 0 bridgehead atoms. The van der Waals surface area contributed by atoms with E-state index >= 15 is 0 Å². The molecule has 0 aliphatic heterocycles. The molecule has 2 nitrogen and oxygen atoms in total. The van der Waals surface area contributed by atoms with E-state index in [9.17, 15) is 0 Å². The Morgan fingerprint density at radius 2 is 2.08 bits per heavy atom. The SMILES string of the molecule is Cc1ccc(N)c(C(N)C2CC2)c1. The van der Waals surface area contributed by atoms with E-state index < -0.39 is 0 Å². The average Bonchev–Trinajstić information content (AvgIpc) is 2.91. The van der Waals surface area contributed by atoms with E-state index in [1.807, 2.05) is 12.1 Å². The summed E-state index contributed by atoms with van der Waals surface area (Å²) in [5, 5.41) is 0. The quantitative estimate of drug-likeness (QED) is 0.677. The highest BCUT2D eigenvalue weighted by Gasteiger charge is 2.30. The predicted octanol–water partition coefficient (Wildman–Crippen LogP) is 1.99. The van der Waals surface area contributed by atoms with E-state index in [-0.39, 0.29) is 6.04 Å². The summed E-state index contributed by atoms with van der Waals surface area (Å²) in [6.07, 6.45) is 2.52. The molecule has 4 N–H and O–H groups in total. The minimum absolute atomic E-state index is 0.153. The van der Waals surface area contributed by atoms with Crippen LogP contribution in [-0.4, -0.2) is 0 Å². The molecule has 0 radical (unpaired) electrons. The Hall–Kier alpha value is -1.02. The molecule has 1 aromatic carbocycles. The zero-order valence-electron chi connectivity index (χ0n) is 7.96. The highest BCUT2D eigenvalue weighted by atomic mass is 14.7. The van der Waals surface area contributed by atoms with Crippen LogP contribution >= 0.6 is 0 Å². The lowest BCUT2D eigenvalue weighted by Gasteiger charge is -2.14. The van der Waals surface area contributed by atoms with Gasteiger partial charge in [0.2, 0.25) is 0 Å². The van der Waals surface area contributed by atoms with Gasteiger partial charge in [-0.2, -0.15) is 0 Å². The number of rotatable bonds is 2. The number of benzene rings is 1. The summed E-state index contributed by atoms with van der Waals surface area (Å²) in [6.45, 7) is 2.07. The van der Waals surface area contributed by atoms with Crippen molar-refractivity contribution in [1.82, 2.24) is 0 Å². The largest absolute Gasteiger partial charge is 0.398 e. The average molecular weight is 176 g/mol. The fraction of sp³-hybridized carbons (Fsp3) is 0.455. The van der Waals surface area contributed by atoms with Crippen LogP contribution in [-0.2, 0) is 0 Å². The lowest BCUT2D eigenvalue weighted by atomic mass is 9.99. The molecule has 0 spiro atoms. The highest BCUT2D eigenvalue weighted by Crippen LogP contribution is 2.41. The second-order valence-corrected chi connectivity index (χ2v) is 4.00. The Balaban J connectivity index is 2.31. The molecule has 1 unspecified atom stereocenters. The number of aryl methyl sites for hydroxylation is 1. The van der Waals surface area contributed by atoms with Crippen molar-refractivity contribution >= 4 is 5.69 Å². The predicted molar refractivity (Wildman–Crippen MR) is 55.2 cm³/mol. The monoisotopic (exact) mass is 176 g/mol. The zero-order chi connectivity index (χ0) is 9.42. The third-order valence-electron chi connectivity index (χ3n) is 2.73. The van der Waals surface area contributed by atoms with Crippen LogP contribution in [0.1, 0.15) is 30.0 Å². The fourth-order valence-corrected chi connectivity index (χ4v) is 1.69. The summed E-state index contributed by atoms with van der Waals surface area (Å²) in [5.74, 6) is 0.670. The molecule has 0 aromatic heterocycles. The summed E-state index contributed by atoms with van der Waals surface area (Å²) in [6, 6.07) is 6.24. The first-order chi connectivity index (χ1) is 6.18. The van der Waals surface area contributed by atoms with Gasteiger partial charge in [0.1, 0.15) is 0 Å². The molecule has 13 heavy (non-hydrogen) atoms. The van der Waals surface area contributed by atoms with Gasteiger partial charge in [0.25, 0.3) is 0 Å². The van der Waals surface area contributed by atoms with Gasteiger partial charge in [-0.1, -0.05) is 17.7 Å². The topological polar surface area (TPSA) is 52.0 Å². The third kappa shape index (κ3) is 1.68. The van der Waals surface area contributed by atoms with Gasteiger partial charge in [-0.25, -0.2) is 0 Å². The molecule has 0 saturated heterocycles. The fourth-order valence-electron chi connectivity index (χ4n) is 1.69. The van der Waals surface area contributed by atoms with E-state index in [1.54, 1.807) is 0 Å². The van der Waals surface area contributed by atoms with Crippen molar-refractivity contribution in [2.24, 2.45) is 11.7 Å². The van der Waals surface area contributed by atoms with Crippen molar-refractivity contribution in [2.45, 2.75) is 25.8 Å². The minimum atomic E-state index is 0.153. The Bertz CT molecular complexity index is 316. The first-order valence-electron chi connectivity index (χ1n) is 4.80. The second kappa shape index (κ2) is 3.04. The van der Waals surface area contributed by atoms with Crippen molar-refractivity contribution in [2.75, 3.05) is 5.73 Å². The minimum Gasteiger partial charge on any atom is -0.398 e. The van der Waals surface area contributed by atoms with Crippen molar-refractivity contribution in [3.8, 4) is 0 Å². The summed E-state index contributed by atoms with van der Waals surface area (Å²) < 4.78 is 0. The Labute approximate surface area is 78.9 Å². The van der Waals surface area contributed by atoms with Crippen LogP contribution < -0.4 is 11.5 Å². The molecule has 70 valence electrons. The van der Waals surface area contributed by atoms with Crippen LogP contribution in [0.5, 0.6) is 0 Å². The molecule has 0 amide bonds. The molecule has 0 heterocycles. The molecule has 1 aromatic rings. The summed E-state index contributed by atoms with van der Waals surface area (Å²) in [4.78, 5) is 0. The van der Waals surface area contributed by atoms with E-state index in [2.05, 4.69) is 13.0 Å². The standard InChI is InChI=1S/C11H16N2/c1-7-2-5-10(12)9(6-7)11(13)8-3-4-8/h2,5-6,8,11H,3-4,12-13H2,1H3. The molecule has 1 atom stereocenters. The molecule has 1 saturated carbocycles. The number of nitrogens with two attached hydrogens (primary N) is 2. The molecule has 1 aliphatic carbocycles. The normalized spacial score (nSPS) is 18.6. The van der Waals surface area contributed by atoms with Crippen LogP contribution in [0.25, 0.3) is 0 Å². The maximum atomic E-state index is 6.09. The number of nitrogen functional groups attached to an aromatic ring is 1. The molecular weight excluding hydrogens is 160 g/mol. The van der Waals surface area contributed by atoms with Crippen LogP contribution in [0.3, 0.4) is 0 Å². The van der Waals surface area contributed by atoms with E-state index in [4.69, 9.17) is 11.5 Å². The van der Waals surface area contributed by atoms with Crippen molar-refractivity contribution in [1.29, 1.82) is 0 Å². The number of hydrogen-bond donors (Lipinski definition) is 2. The maximum absolute atomic E-state index is 6.09. The van der Waals surface area contributed by atoms with Crippen molar-refractivity contribution in [3.63, 3.8) is 0 Å². The van der Waals surface area contributed by atoms with Gasteiger partial charge in [0.15, 0.2) is 0 Å². The van der Waals surface area contributed by atoms with Crippen molar-refractivity contribution < 1.29 is 0 Å². The van der Waals surface area contributed by atoms with Crippen molar-refractivity contribution in [3.05, 3.63) is 29.3 Å². The van der Waals surface area contributed by atoms with Gasteiger partial charge in [0.05, 0.1) is 0 Å². The Kier molecular flexibility index (Phi) is 2.00. The molecule has 2 heteroatoms. The first kappa shape index (κ1) is 8.57. The van der Waals surface area contributed by atoms with Gasteiger partial charge in [-0.15, -0.1) is 0 Å². The Morgan fingerprint density at radius 3 is 2.69 bits per heavy atom. The number of anilines is 1. The lowest BCUT2D eigenvalue weighted by molar-refractivity contribution is 0.635. The van der Waals surface area contributed by atoms with Gasteiger partial charge in [-0.3, -0.25) is 0 Å². The first-order valence-corrected chi connectivity index (χ1v) is 4.80. The molecule has 2 rings (SSSR count). The zero-order valence-corrected chi connectivity index (χ0v) is 7.96. The third-order valence-corrected chi connectivity index (χ3v) is 2.73. The maximum Gasteiger partial charge on any atom is 0.0362 e. The molecule has 1 aliphatic rings. The van der Waals surface area contributed by atoms with Crippen LogP contribution in [0.15, 0.2) is 18.2 Å². The van der Waals surface area contributed by atoms with Crippen LogP contribution in [0, 0.1) is 12.8 Å². The molecule has 1 fully saturated rings. The van der Waals surface area contributed by atoms with Gasteiger partial charge >= 0.3 is 0 Å². The summed E-state index contributed by atoms with van der Waals surface area (Å²) in [5.41, 5.74) is 15.2. The van der Waals surface area contributed by atoms with E-state index in [1.165, 1.54) is 18.4 Å². The van der Waals surface area contributed by atoms with E-state index in [0.717, 1.165) is 11.3 Å². The number of hydrogen-bond acceptors (Lipinski definition) is 2. The van der Waals surface area contributed by atoms with Crippen LogP contribution in [0.4, 0.5) is 5.69 Å². The van der Waals surface area contributed by atoms with E-state index in [0.29, 0.717) is 5.92 Å². The highest BCUT2D eigenvalue weighted by molar-refractivity contribution is 5.50. The van der Waals surface area contributed by atoms with Gasteiger partial charge in [0, 0.05) is 11.7 Å². The van der Waals surface area contributed by atoms with Gasteiger partial charge < -0.3 is 11.5 Å². The Morgan fingerprint density at radius 1 is 1.38 bits per heavy atom. The smallest absolute Gasteiger partial charge is 0.0362 e. The summed E-state index contributed by atoms with van der Waals surface area (Å²) >= 11 is 0. The van der Waals surface area contributed by atoms with Gasteiger partial charge in [-0.05, 0) is 37.3 Å². The van der Waals surface area contributed by atoms with Crippen LogP contribution in [0.2, 0.25) is 0 Å².